The number of anilines is 1. The van der Waals surface area contributed by atoms with Crippen LogP contribution in [0, 0.1) is 6.92 Å². The molecule has 29 heavy (non-hydrogen) atoms. The molecule has 4 aromatic rings. The van der Waals surface area contributed by atoms with Crippen molar-refractivity contribution in [1.82, 2.24) is 14.8 Å². The molecule has 2 heterocycles. The van der Waals surface area contributed by atoms with E-state index in [1.807, 2.05) is 30.3 Å². The van der Waals surface area contributed by atoms with Gasteiger partial charge in [0.25, 0.3) is 11.5 Å². The molecule has 4 rings (SSSR count). The lowest BCUT2D eigenvalue weighted by atomic mass is 10.1. The summed E-state index contributed by atoms with van der Waals surface area (Å²) in [5.41, 5.74) is 2.74. The van der Waals surface area contributed by atoms with E-state index in [9.17, 15) is 9.59 Å². The van der Waals surface area contributed by atoms with Gasteiger partial charge in [-0.2, -0.15) is 0 Å². The summed E-state index contributed by atoms with van der Waals surface area (Å²) in [6, 6.07) is 18.6. The van der Waals surface area contributed by atoms with Crippen LogP contribution in [0.15, 0.2) is 65.5 Å². The zero-order valence-corrected chi connectivity index (χ0v) is 16.1. The molecule has 0 fully saturated rings. The quantitative estimate of drug-likeness (QED) is 0.548. The highest BCUT2D eigenvalue weighted by Crippen LogP contribution is 2.20. The van der Waals surface area contributed by atoms with Gasteiger partial charge in [0.15, 0.2) is 5.65 Å². The molecule has 0 aliphatic rings. The molecule has 0 saturated carbocycles. The Labute approximate surface area is 167 Å². The number of aromatic amines is 1. The zero-order chi connectivity index (χ0) is 20.4. The second kappa shape index (κ2) is 7.63. The van der Waals surface area contributed by atoms with Gasteiger partial charge in [0.2, 0.25) is 0 Å². The highest BCUT2D eigenvalue weighted by Gasteiger charge is 2.18. The fraction of sp³-hybridized carbons (Fsp3) is 0.136. The first kappa shape index (κ1) is 18.5. The highest BCUT2D eigenvalue weighted by molar-refractivity contribution is 6.11. The second-order valence-electron chi connectivity index (χ2n) is 6.76. The number of H-pyrrole nitrogens is 1. The number of aryl methyl sites for hydroxylation is 2. The van der Waals surface area contributed by atoms with Gasteiger partial charge in [0.05, 0.1) is 10.9 Å². The van der Waals surface area contributed by atoms with Crippen LogP contribution >= 0.6 is 0 Å². The summed E-state index contributed by atoms with van der Waals surface area (Å²) in [6.45, 7) is 2.25. The monoisotopic (exact) mass is 388 g/mol. The molecule has 0 spiro atoms. The molecule has 0 saturated heterocycles. The number of amides is 1. The average molecular weight is 388 g/mol. The van der Waals surface area contributed by atoms with Gasteiger partial charge < -0.3 is 10.1 Å². The molecule has 2 N–H and O–H groups in total. The largest absolute Gasteiger partial charge is 0.489 e. The molecule has 2 aromatic carbocycles. The number of nitrogens with one attached hydrogen (secondary N) is 2. The van der Waals surface area contributed by atoms with Crippen LogP contribution in [-0.4, -0.2) is 20.7 Å². The Morgan fingerprint density at radius 3 is 2.59 bits per heavy atom. The van der Waals surface area contributed by atoms with Crippen LogP contribution in [0.2, 0.25) is 0 Å². The second-order valence-corrected chi connectivity index (χ2v) is 6.76. The Bertz CT molecular complexity index is 1220. The molecule has 0 bridgehead atoms. The van der Waals surface area contributed by atoms with Gasteiger partial charge >= 0.3 is 0 Å². The van der Waals surface area contributed by atoms with Gasteiger partial charge in [-0.1, -0.05) is 30.3 Å². The van der Waals surface area contributed by atoms with Crippen molar-refractivity contribution >= 4 is 22.6 Å². The molecule has 7 nitrogen and oxygen atoms in total. The molecule has 0 atom stereocenters. The maximum absolute atomic E-state index is 12.8. The minimum absolute atomic E-state index is 0.276. The number of benzene rings is 2. The first-order valence-electron chi connectivity index (χ1n) is 9.16. The van der Waals surface area contributed by atoms with Crippen molar-refractivity contribution in [1.29, 1.82) is 0 Å². The van der Waals surface area contributed by atoms with E-state index in [-0.39, 0.29) is 16.9 Å². The molecule has 7 heteroatoms. The van der Waals surface area contributed by atoms with Gasteiger partial charge in [-0.3, -0.25) is 19.4 Å². The smallest absolute Gasteiger partial charge is 0.274 e. The maximum Gasteiger partial charge on any atom is 0.274 e. The zero-order valence-electron chi connectivity index (χ0n) is 16.1. The van der Waals surface area contributed by atoms with Crippen molar-refractivity contribution < 1.29 is 9.53 Å². The van der Waals surface area contributed by atoms with Crippen molar-refractivity contribution in [2.24, 2.45) is 7.05 Å². The van der Waals surface area contributed by atoms with Crippen molar-refractivity contribution in [3.63, 3.8) is 0 Å². The summed E-state index contributed by atoms with van der Waals surface area (Å²) in [5.74, 6) is 0.337. The van der Waals surface area contributed by atoms with E-state index in [0.717, 1.165) is 5.56 Å². The standard InChI is InChI=1S/C22H20N4O3/c1-14-12-18(19-20(23-14)26(2)25-22(19)28)21(27)24-16-8-10-17(11-9-16)29-13-15-6-4-3-5-7-15/h3-12H,13H2,1-2H3,(H,24,27)(H,25,28). The topological polar surface area (TPSA) is 89.0 Å². The first-order chi connectivity index (χ1) is 14.0. The van der Waals surface area contributed by atoms with Gasteiger partial charge in [0, 0.05) is 18.4 Å². The predicted molar refractivity (Wildman–Crippen MR) is 111 cm³/mol. The summed E-state index contributed by atoms with van der Waals surface area (Å²) in [6.07, 6.45) is 0. The van der Waals surface area contributed by atoms with Gasteiger partial charge in [-0.25, -0.2) is 4.98 Å². The number of fused-ring (bicyclic) bond motifs is 1. The minimum Gasteiger partial charge on any atom is -0.489 e. The molecule has 0 unspecified atom stereocenters. The number of nitrogens with zero attached hydrogens (tertiary/aromatic N) is 2. The van der Waals surface area contributed by atoms with Crippen LogP contribution in [0.25, 0.3) is 11.0 Å². The number of carbonyl (C=O) groups is 1. The van der Waals surface area contributed by atoms with Crippen molar-refractivity contribution in [2.45, 2.75) is 13.5 Å². The van der Waals surface area contributed by atoms with E-state index in [4.69, 9.17) is 4.74 Å². The fourth-order valence-corrected chi connectivity index (χ4v) is 3.14. The predicted octanol–water partition coefficient (Wildman–Crippen LogP) is 3.40. The van der Waals surface area contributed by atoms with E-state index < -0.39 is 0 Å². The molecule has 1 amide bonds. The molecule has 2 aromatic heterocycles. The van der Waals surface area contributed by atoms with Crippen molar-refractivity contribution in [3.05, 3.63) is 87.8 Å². The lowest BCUT2D eigenvalue weighted by Crippen LogP contribution is -2.15. The van der Waals surface area contributed by atoms with Crippen LogP contribution in [0.3, 0.4) is 0 Å². The van der Waals surface area contributed by atoms with E-state index in [0.29, 0.717) is 34.9 Å². The molecule has 0 aliphatic carbocycles. The highest BCUT2D eigenvalue weighted by atomic mass is 16.5. The van der Waals surface area contributed by atoms with E-state index in [1.54, 1.807) is 44.3 Å². The van der Waals surface area contributed by atoms with E-state index in [1.165, 1.54) is 4.68 Å². The number of pyridine rings is 1. The van der Waals surface area contributed by atoms with Crippen LogP contribution in [0.4, 0.5) is 5.69 Å². The number of carbonyl (C=O) groups excluding carboxylic acids is 1. The van der Waals surface area contributed by atoms with Crippen molar-refractivity contribution in [2.75, 3.05) is 5.32 Å². The van der Waals surface area contributed by atoms with Crippen LogP contribution in [-0.2, 0) is 13.7 Å². The molecule has 0 radical (unpaired) electrons. The first-order valence-corrected chi connectivity index (χ1v) is 9.16. The summed E-state index contributed by atoms with van der Waals surface area (Å²) in [4.78, 5) is 29.4. The minimum atomic E-state index is -0.366. The number of rotatable bonds is 5. The molecular formula is C22H20N4O3. The molecule has 146 valence electrons. The van der Waals surface area contributed by atoms with Crippen molar-refractivity contribution in [3.8, 4) is 5.75 Å². The van der Waals surface area contributed by atoms with Crippen LogP contribution in [0.5, 0.6) is 5.75 Å². The third-order valence-electron chi connectivity index (χ3n) is 4.55. The lowest BCUT2D eigenvalue weighted by Gasteiger charge is -2.09. The number of hydrogen-bond acceptors (Lipinski definition) is 4. The Morgan fingerprint density at radius 2 is 1.86 bits per heavy atom. The summed E-state index contributed by atoms with van der Waals surface area (Å²) < 4.78 is 7.27. The summed E-state index contributed by atoms with van der Waals surface area (Å²) in [5, 5.41) is 5.75. The Hall–Kier alpha value is -3.87. The van der Waals surface area contributed by atoms with Gasteiger partial charge in [0.1, 0.15) is 12.4 Å². The SMILES string of the molecule is Cc1cc(C(=O)Nc2ccc(OCc3ccccc3)cc2)c2c(=O)[nH]n(C)c2n1. The van der Waals surface area contributed by atoms with Crippen LogP contribution in [0.1, 0.15) is 21.6 Å². The van der Waals surface area contributed by atoms with Gasteiger partial charge in [-0.05, 0) is 42.8 Å². The Morgan fingerprint density at radius 1 is 1.14 bits per heavy atom. The Balaban J connectivity index is 1.50. The maximum atomic E-state index is 12.8. The Kier molecular flexibility index (Phi) is 4.87. The number of aromatic nitrogens is 3. The van der Waals surface area contributed by atoms with E-state index >= 15 is 0 Å². The average Bonchev–Trinajstić information content (AvgIpc) is 3.01. The molecular weight excluding hydrogens is 368 g/mol. The van der Waals surface area contributed by atoms with Gasteiger partial charge in [-0.15, -0.1) is 0 Å². The third-order valence-corrected chi connectivity index (χ3v) is 4.55. The number of hydrogen-bond donors (Lipinski definition) is 2. The normalized spacial score (nSPS) is 10.8. The van der Waals surface area contributed by atoms with Crippen LogP contribution < -0.4 is 15.6 Å². The molecule has 0 aliphatic heterocycles. The summed E-state index contributed by atoms with van der Waals surface area (Å²) in [7, 11) is 1.69. The number of ether oxygens (including phenoxy) is 1. The third kappa shape index (κ3) is 3.89. The summed E-state index contributed by atoms with van der Waals surface area (Å²) >= 11 is 0. The van der Waals surface area contributed by atoms with E-state index in [2.05, 4.69) is 15.4 Å². The lowest BCUT2D eigenvalue weighted by molar-refractivity contribution is 0.102. The fourth-order valence-electron chi connectivity index (χ4n) is 3.14.